The average molecular weight is 374 g/mol. The highest BCUT2D eigenvalue weighted by Gasteiger charge is 2.29. The first-order chi connectivity index (χ1) is 13.7. The Morgan fingerprint density at radius 3 is 2.21 bits per heavy atom. The van der Waals surface area contributed by atoms with Crippen molar-refractivity contribution in [2.75, 3.05) is 10.6 Å². The molecule has 5 nitrogen and oxygen atoms in total. The van der Waals surface area contributed by atoms with Gasteiger partial charge in [0.05, 0.1) is 0 Å². The Labute approximate surface area is 163 Å². The molecule has 0 unspecified atom stereocenters. The number of benzene rings is 2. The van der Waals surface area contributed by atoms with E-state index in [-0.39, 0.29) is 17.7 Å². The van der Waals surface area contributed by atoms with Crippen LogP contribution in [-0.2, 0) is 16.0 Å². The first-order valence-electron chi connectivity index (χ1n) is 9.52. The fourth-order valence-corrected chi connectivity index (χ4v) is 2.96. The van der Waals surface area contributed by atoms with E-state index >= 15 is 0 Å². The molecule has 3 aromatic rings. The van der Waals surface area contributed by atoms with Crippen molar-refractivity contribution >= 4 is 23.2 Å². The molecule has 2 N–H and O–H groups in total. The van der Waals surface area contributed by atoms with Crippen LogP contribution in [0.1, 0.15) is 25.0 Å². The van der Waals surface area contributed by atoms with Crippen LogP contribution in [-0.4, -0.2) is 11.8 Å². The van der Waals surface area contributed by atoms with Crippen LogP contribution in [0.3, 0.4) is 0 Å². The lowest BCUT2D eigenvalue weighted by Gasteiger charge is -2.07. The second kappa shape index (κ2) is 8.13. The smallest absolute Gasteiger partial charge is 0.227 e. The Kier molecular flexibility index (Phi) is 5.24. The van der Waals surface area contributed by atoms with E-state index in [4.69, 9.17) is 4.42 Å². The van der Waals surface area contributed by atoms with Crippen LogP contribution in [0.4, 0.5) is 11.4 Å². The van der Waals surface area contributed by atoms with Crippen molar-refractivity contribution in [2.24, 2.45) is 5.92 Å². The van der Waals surface area contributed by atoms with Crippen molar-refractivity contribution in [3.05, 3.63) is 72.5 Å². The summed E-state index contributed by atoms with van der Waals surface area (Å²) >= 11 is 0. The molecule has 0 bridgehead atoms. The number of aryl methyl sites for hydroxylation is 1. The van der Waals surface area contributed by atoms with Crippen molar-refractivity contribution in [3.63, 3.8) is 0 Å². The van der Waals surface area contributed by atoms with Crippen molar-refractivity contribution in [1.82, 2.24) is 0 Å². The zero-order valence-electron chi connectivity index (χ0n) is 15.5. The Hall–Kier alpha value is -3.34. The number of hydrogen-bond donors (Lipinski definition) is 2. The second-order valence-electron chi connectivity index (χ2n) is 7.02. The summed E-state index contributed by atoms with van der Waals surface area (Å²) in [4.78, 5) is 24.0. The van der Waals surface area contributed by atoms with E-state index < -0.39 is 0 Å². The number of anilines is 2. The van der Waals surface area contributed by atoms with Crippen molar-refractivity contribution in [1.29, 1.82) is 0 Å². The summed E-state index contributed by atoms with van der Waals surface area (Å²) in [6.45, 7) is 0. The average Bonchev–Trinajstić information content (AvgIpc) is 3.47. The largest absolute Gasteiger partial charge is 0.461 e. The van der Waals surface area contributed by atoms with Gasteiger partial charge in [-0.15, -0.1) is 0 Å². The molecule has 142 valence electrons. The molecule has 1 aromatic heterocycles. The standard InChI is InChI=1S/C23H22N2O3/c26-22(15-13-20-12-14-21(28-20)16-4-2-1-3-5-16)24-18-8-10-19(11-9-18)25-23(27)17-6-7-17/h1-5,8-12,14,17H,6-7,13,15H2,(H,24,26)(H,25,27). The Morgan fingerprint density at radius 2 is 1.54 bits per heavy atom. The van der Waals surface area contributed by atoms with E-state index in [1.54, 1.807) is 24.3 Å². The molecule has 1 fully saturated rings. The van der Waals surface area contributed by atoms with E-state index in [0.29, 0.717) is 18.5 Å². The quantitative estimate of drug-likeness (QED) is 0.620. The maximum absolute atomic E-state index is 12.2. The molecule has 28 heavy (non-hydrogen) atoms. The molecule has 0 saturated heterocycles. The SMILES string of the molecule is O=C(CCc1ccc(-c2ccccc2)o1)Nc1ccc(NC(=O)C2CC2)cc1. The lowest BCUT2D eigenvalue weighted by molar-refractivity contribution is -0.117. The number of carbonyl (C=O) groups is 2. The van der Waals surface area contributed by atoms with Gasteiger partial charge in [-0.25, -0.2) is 0 Å². The van der Waals surface area contributed by atoms with Crippen LogP contribution in [0, 0.1) is 5.92 Å². The monoisotopic (exact) mass is 374 g/mol. The summed E-state index contributed by atoms with van der Waals surface area (Å²) in [5, 5.41) is 5.76. The second-order valence-corrected chi connectivity index (χ2v) is 7.02. The summed E-state index contributed by atoms with van der Waals surface area (Å²) in [5.74, 6) is 1.76. The maximum atomic E-state index is 12.2. The number of amides is 2. The molecular formula is C23H22N2O3. The van der Waals surface area contributed by atoms with Gasteiger partial charge in [0.25, 0.3) is 0 Å². The van der Waals surface area contributed by atoms with E-state index in [2.05, 4.69) is 10.6 Å². The molecule has 0 spiro atoms. The molecule has 1 aliphatic carbocycles. The zero-order valence-corrected chi connectivity index (χ0v) is 15.5. The molecule has 5 heteroatoms. The van der Waals surface area contributed by atoms with E-state index in [9.17, 15) is 9.59 Å². The van der Waals surface area contributed by atoms with Crippen LogP contribution < -0.4 is 10.6 Å². The van der Waals surface area contributed by atoms with Gasteiger partial charge in [-0.3, -0.25) is 9.59 Å². The van der Waals surface area contributed by atoms with Crippen LogP contribution in [0.25, 0.3) is 11.3 Å². The number of carbonyl (C=O) groups excluding carboxylic acids is 2. The molecule has 4 rings (SSSR count). The van der Waals surface area contributed by atoms with Crippen LogP contribution >= 0.6 is 0 Å². The predicted molar refractivity (Wildman–Crippen MR) is 109 cm³/mol. The highest BCUT2D eigenvalue weighted by atomic mass is 16.3. The van der Waals surface area contributed by atoms with E-state index in [1.807, 2.05) is 42.5 Å². The topological polar surface area (TPSA) is 71.3 Å². The van der Waals surface area contributed by atoms with Gasteiger partial charge in [-0.05, 0) is 49.2 Å². The molecular weight excluding hydrogens is 352 g/mol. The number of nitrogens with one attached hydrogen (secondary N) is 2. The summed E-state index contributed by atoms with van der Waals surface area (Å²) < 4.78 is 5.83. The summed E-state index contributed by atoms with van der Waals surface area (Å²) in [7, 11) is 0. The lowest BCUT2D eigenvalue weighted by Crippen LogP contribution is -2.14. The first kappa shape index (κ1) is 18.0. The maximum Gasteiger partial charge on any atom is 0.227 e. The first-order valence-corrected chi connectivity index (χ1v) is 9.52. The van der Waals surface area contributed by atoms with Crippen LogP contribution in [0.15, 0.2) is 71.1 Å². The fourth-order valence-electron chi connectivity index (χ4n) is 2.96. The third-order valence-electron chi connectivity index (χ3n) is 4.70. The third-order valence-corrected chi connectivity index (χ3v) is 4.70. The van der Waals surface area contributed by atoms with Crippen LogP contribution in [0.2, 0.25) is 0 Å². The number of furan rings is 1. The van der Waals surface area contributed by atoms with Crippen molar-refractivity contribution in [2.45, 2.75) is 25.7 Å². The molecule has 0 radical (unpaired) electrons. The van der Waals surface area contributed by atoms with Gasteiger partial charge in [-0.2, -0.15) is 0 Å². The Balaban J connectivity index is 1.26. The fraction of sp³-hybridized carbons (Fsp3) is 0.217. The highest BCUT2D eigenvalue weighted by molar-refractivity contribution is 5.95. The highest BCUT2D eigenvalue weighted by Crippen LogP contribution is 2.30. The predicted octanol–water partition coefficient (Wildman–Crippen LogP) is 4.87. The van der Waals surface area contributed by atoms with E-state index in [1.165, 1.54) is 0 Å². The van der Waals surface area contributed by atoms with Crippen LogP contribution in [0.5, 0.6) is 0 Å². The van der Waals surface area contributed by atoms with Gasteiger partial charge in [0.2, 0.25) is 11.8 Å². The van der Waals surface area contributed by atoms with Crippen molar-refractivity contribution in [3.8, 4) is 11.3 Å². The van der Waals surface area contributed by atoms with Crippen molar-refractivity contribution < 1.29 is 14.0 Å². The Bertz CT molecular complexity index is 957. The Morgan fingerprint density at radius 1 is 0.857 bits per heavy atom. The minimum atomic E-state index is -0.0765. The number of hydrogen-bond acceptors (Lipinski definition) is 3. The number of rotatable bonds is 7. The summed E-state index contributed by atoms with van der Waals surface area (Å²) in [6.07, 6.45) is 2.82. The third kappa shape index (κ3) is 4.68. The lowest BCUT2D eigenvalue weighted by atomic mass is 10.2. The molecule has 1 aliphatic rings. The molecule has 0 atom stereocenters. The molecule has 2 amide bonds. The molecule has 1 saturated carbocycles. The van der Waals surface area contributed by atoms with E-state index in [0.717, 1.165) is 35.6 Å². The molecule has 0 aliphatic heterocycles. The van der Waals surface area contributed by atoms with Gasteiger partial charge >= 0.3 is 0 Å². The van der Waals surface area contributed by atoms with Gasteiger partial charge in [-0.1, -0.05) is 30.3 Å². The zero-order chi connectivity index (χ0) is 19.3. The molecule has 2 aromatic carbocycles. The van der Waals surface area contributed by atoms with Gasteiger partial charge in [0.15, 0.2) is 0 Å². The minimum absolute atomic E-state index is 0.0742. The van der Waals surface area contributed by atoms with Gasteiger partial charge < -0.3 is 15.1 Å². The summed E-state index contributed by atoms with van der Waals surface area (Å²) in [5.41, 5.74) is 2.48. The normalized spacial score (nSPS) is 13.1. The molecule has 1 heterocycles. The minimum Gasteiger partial charge on any atom is -0.461 e. The summed E-state index contributed by atoms with van der Waals surface area (Å²) in [6, 6.07) is 20.9. The van der Waals surface area contributed by atoms with Gasteiger partial charge in [0.1, 0.15) is 11.5 Å². The van der Waals surface area contributed by atoms with Gasteiger partial charge in [0, 0.05) is 35.7 Å².